The lowest BCUT2D eigenvalue weighted by atomic mass is 9.89. The van der Waals surface area contributed by atoms with Gasteiger partial charge in [-0.2, -0.15) is 0 Å². The van der Waals surface area contributed by atoms with E-state index < -0.39 is 0 Å². The van der Waals surface area contributed by atoms with Crippen LogP contribution in [0.1, 0.15) is 36.3 Å². The second-order valence-electron chi connectivity index (χ2n) is 7.10. The Morgan fingerprint density at radius 2 is 1.89 bits per heavy atom. The predicted octanol–water partition coefficient (Wildman–Crippen LogP) is 5.64. The van der Waals surface area contributed by atoms with Crippen molar-refractivity contribution in [2.45, 2.75) is 25.2 Å². The van der Waals surface area contributed by atoms with Crippen LogP contribution in [-0.4, -0.2) is 19.4 Å². The second-order valence-corrected chi connectivity index (χ2v) is 7.10. The summed E-state index contributed by atoms with van der Waals surface area (Å²) in [7, 11) is 1.69. The van der Waals surface area contributed by atoms with Crippen molar-refractivity contribution in [1.82, 2.24) is 0 Å². The number of para-hydroxylation sites is 1. The van der Waals surface area contributed by atoms with Gasteiger partial charge in [0.05, 0.1) is 13.7 Å². The minimum absolute atomic E-state index is 0.286. The van der Waals surface area contributed by atoms with Gasteiger partial charge in [0.25, 0.3) is 0 Å². The fourth-order valence-electron chi connectivity index (χ4n) is 3.34. The molecule has 0 saturated heterocycles. The highest BCUT2D eigenvalue weighted by atomic mass is 16.5. The monoisotopic (exact) mass is 359 g/mol. The molecule has 0 radical (unpaired) electrons. The van der Waals surface area contributed by atoms with E-state index in [4.69, 9.17) is 9.47 Å². The number of aliphatic imine (C=N–C) groups is 1. The van der Waals surface area contributed by atoms with Crippen LogP contribution in [0, 0.1) is 5.92 Å². The number of benzene rings is 2. The molecule has 1 aliphatic heterocycles. The predicted molar refractivity (Wildman–Crippen MR) is 111 cm³/mol. The van der Waals surface area contributed by atoms with Gasteiger partial charge in [-0.1, -0.05) is 48.5 Å². The molecule has 1 fully saturated rings. The van der Waals surface area contributed by atoms with Gasteiger partial charge in [-0.25, -0.2) is 0 Å². The van der Waals surface area contributed by atoms with Crippen LogP contribution < -0.4 is 9.47 Å². The maximum atomic E-state index is 6.10. The van der Waals surface area contributed by atoms with E-state index in [1.807, 2.05) is 18.3 Å². The standard InChI is InChI=1S/C24H25NO2/c1-26-23-11-5-9-20(24(23)27-17-18-12-13-18)14-15-22-21(10-6-16-25-22)19-7-3-2-4-8-19/h2-9,11,14-16,18,21H,10,12-13,17H2,1H3/b15-14+. The van der Waals surface area contributed by atoms with Gasteiger partial charge in [-0.05, 0) is 49.0 Å². The van der Waals surface area contributed by atoms with Crippen LogP contribution in [-0.2, 0) is 0 Å². The summed E-state index contributed by atoms with van der Waals surface area (Å²) >= 11 is 0. The van der Waals surface area contributed by atoms with Crippen LogP contribution in [0.5, 0.6) is 11.5 Å². The smallest absolute Gasteiger partial charge is 0.168 e. The molecule has 0 spiro atoms. The summed E-state index contributed by atoms with van der Waals surface area (Å²) in [6.45, 7) is 0.761. The molecule has 1 unspecified atom stereocenters. The summed E-state index contributed by atoms with van der Waals surface area (Å²) in [5, 5.41) is 0. The Hall–Kier alpha value is -2.81. The first kappa shape index (κ1) is 17.6. The van der Waals surface area contributed by atoms with Gasteiger partial charge >= 0.3 is 0 Å². The van der Waals surface area contributed by atoms with E-state index in [-0.39, 0.29) is 5.92 Å². The van der Waals surface area contributed by atoms with Crippen LogP contribution >= 0.6 is 0 Å². The van der Waals surface area contributed by atoms with Gasteiger partial charge in [-0.3, -0.25) is 4.99 Å². The Morgan fingerprint density at radius 3 is 2.67 bits per heavy atom. The highest BCUT2D eigenvalue weighted by Crippen LogP contribution is 2.36. The Kier molecular flexibility index (Phi) is 5.38. The number of hydrogen-bond donors (Lipinski definition) is 0. The third-order valence-electron chi connectivity index (χ3n) is 5.08. The van der Waals surface area contributed by atoms with Gasteiger partial charge in [0, 0.05) is 23.4 Å². The number of nitrogens with zero attached hydrogens (tertiary/aromatic N) is 1. The number of methoxy groups -OCH3 is 1. The Balaban J connectivity index is 1.59. The second kappa shape index (κ2) is 8.26. The molecule has 0 aromatic heterocycles. The van der Waals surface area contributed by atoms with Gasteiger partial charge in [0.15, 0.2) is 11.5 Å². The Bertz CT molecular complexity index is 863. The van der Waals surface area contributed by atoms with E-state index in [0.717, 1.165) is 35.8 Å². The summed E-state index contributed by atoms with van der Waals surface area (Å²) in [5.41, 5.74) is 3.39. The summed E-state index contributed by atoms with van der Waals surface area (Å²) < 4.78 is 11.6. The molecule has 0 bridgehead atoms. The van der Waals surface area contributed by atoms with Crippen molar-refractivity contribution < 1.29 is 9.47 Å². The molecule has 27 heavy (non-hydrogen) atoms. The quantitative estimate of drug-likeness (QED) is 0.640. The van der Waals surface area contributed by atoms with E-state index in [1.54, 1.807) is 7.11 Å². The molecule has 0 N–H and O–H groups in total. The zero-order valence-corrected chi connectivity index (χ0v) is 15.7. The van der Waals surface area contributed by atoms with Crippen LogP contribution in [0.15, 0.2) is 71.9 Å². The van der Waals surface area contributed by atoms with Crippen molar-refractivity contribution in [3.8, 4) is 11.5 Å². The van der Waals surface area contributed by atoms with Crippen LogP contribution in [0.25, 0.3) is 6.08 Å². The molecule has 2 aromatic rings. The third kappa shape index (κ3) is 4.30. The van der Waals surface area contributed by atoms with Crippen LogP contribution in [0.2, 0.25) is 0 Å². The van der Waals surface area contributed by atoms with Gasteiger partial charge in [-0.15, -0.1) is 0 Å². The minimum atomic E-state index is 0.286. The van der Waals surface area contributed by atoms with Crippen LogP contribution in [0.4, 0.5) is 0 Å². The molecule has 0 amide bonds. The molecule has 1 saturated carbocycles. The largest absolute Gasteiger partial charge is 0.493 e. The zero-order chi connectivity index (χ0) is 18.5. The average Bonchev–Trinajstić information content (AvgIpc) is 3.56. The van der Waals surface area contributed by atoms with Crippen molar-refractivity contribution in [2.24, 2.45) is 10.9 Å². The highest BCUT2D eigenvalue weighted by Gasteiger charge is 2.23. The first-order chi connectivity index (χ1) is 13.3. The maximum absolute atomic E-state index is 6.10. The first-order valence-corrected chi connectivity index (χ1v) is 9.60. The summed E-state index contributed by atoms with van der Waals surface area (Å²) in [5.74, 6) is 2.59. The van der Waals surface area contributed by atoms with Crippen molar-refractivity contribution in [1.29, 1.82) is 0 Å². The third-order valence-corrected chi connectivity index (χ3v) is 5.08. The topological polar surface area (TPSA) is 30.8 Å². The number of hydrogen-bond acceptors (Lipinski definition) is 3. The molecule has 1 aliphatic carbocycles. The van der Waals surface area contributed by atoms with Crippen molar-refractivity contribution >= 4 is 11.8 Å². The van der Waals surface area contributed by atoms with Gasteiger partial charge in [0.2, 0.25) is 0 Å². The molecule has 2 aliphatic rings. The lowest BCUT2D eigenvalue weighted by Crippen LogP contribution is -2.11. The number of ether oxygens (including phenoxy) is 2. The maximum Gasteiger partial charge on any atom is 0.168 e. The highest BCUT2D eigenvalue weighted by molar-refractivity contribution is 6.04. The normalized spacial score (nSPS) is 19.1. The molecule has 3 nitrogen and oxygen atoms in total. The number of allylic oxidation sites excluding steroid dienone is 2. The lowest BCUT2D eigenvalue weighted by molar-refractivity contribution is 0.280. The molecule has 1 atom stereocenters. The fraction of sp³-hybridized carbons (Fsp3) is 0.292. The van der Waals surface area contributed by atoms with E-state index in [0.29, 0.717) is 5.92 Å². The fourth-order valence-corrected chi connectivity index (χ4v) is 3.34. The van der Waals surface area contributed by atoms with E-state index in [9.17, 15) is 0 Å². The molecule has 1 heterocycles. The summed E-state index contributed by atoms with van der Waals surface area (Å²) in [6, 6.07) is 16.6. The minimum Gasteiger partial charge on any atom is -0.493 e. The van der Waals surface area contributed by atoms with E-state index in [1.165, 1.54) is 18.4 Å². The first-order valence-electron chi connectivity index (χ1n) is 9.60. The Morgan fingerprint density at radius 1 is 1.04 bits per heavy atom. The number of rotatable bonds is 7. The molecular formula is C24H25NO2. The van der Waals surface area contributed by atoms with Crippen molar-refractivity contribution in [2.75, 3.05) is 13.7 Å². The van der Waals surface area contributed by atoms with E-state index >= 15 is 0 Å². The average molecular weight is 359 g/mol. The van der Waals surface area contributed by atoms with Crippen LogP contribution in [0.3, 0.4) is 0 Å². The molecular weight excluding hydrogens is 334 g/mol. The molecule has 2 aromatic carbocycles. The molecule has 138 valence electrons. The molecule has 3 heteroatoms. The van der Waals surface area contributed by atoms with Gasteiger partial charge in [0.1, 0.15) is 0 Å². The summed E-state index contributed by atoms with van der Waals surface area (Å²) in [4.78, 5) is 4.64. The zero-order valence-electron chi connectivity index (χ0n) is 15.7. The van der Waals surface area contributed by atoms with E-state index in [2.05, 4.69) is 59.6 Å². The summed E-state index contributed by atoms with van der Waals surface area (Å²) in [6.07, 6.45) is 11.7. The molecule has 4 rings (SSSR count). The lowest BCUT2D eigenvalue weighted by Gasteiger charge is -2.18. The van der Waals surface area contributed by atoms with Crippen molar-refractivity contribution in [3.05, 3.63) is 78.0 Å². The SMILES string of the molecule is COc1cccc(/C=C/C2=NC=CCC2c2ccccc2)c1OCC1CC1. The Labute approximate surface area is 161 Å². The van der Waals surface area contributed by atoms with Crippen molar-refractivity contribution in [3.63, 3.8) is 0 Å². The van der Waals surface area contributed by atoms with Gasteiger partial charge < -0.3 is 9.47 Å².